The van der Waals surface area contributed by atoms with Crippen molar-refractivity contribution in [2.45, 2.75) is 45.2 Å². The molecule has 1 fully saturated rings. The second kappa shape index (κ2) is 5.67. The van der Waals surface area contributed by atoms with Crippen LogP contribution in [0.5, 0.6) is 0 Å². The van der Waals surface area contributed by atoms with Crippen LogP contribution >= 0.6 is 0 Å². The van der Waals surface area contributed by atoms with E-state index in [1.54, 1.807) is 0 Å². The predicted octanol–water partition coefficient (Wildman–Crippen LogP) is -0.691. The fourth-order valence-electron chi connectivity index (χ4n) is 3.20. The Morgan fingerprint density at radius 1 is 1.15 bits per heavy atom. The van der Waals surface area contributed by atoms with Crippen LogP contribution < -0.4 is 4.90 Å². The predicted molar refractivity (Wildman–Crippen MR) is 70.7 cm³/mol. The molecule has 1 saturated heterocycles. The fraction of sp³-hybridized carbons (Fsp3) is 0.846. The highest BCUT2D eigenvalue weighted by molar-refractivity contribution is 5.69. The van der Waals surface area contributed by atoms with Crippen molar-refractivity contribution in [3.05, 3.63) is 0 Å². The lowest BCUT2D eigenvalue weighted by Crippen LogP contribution is -3.14. The van der Waals surface area contributed by atoms with Crippen molar-refractivity contribution in [2.75, 3.05) is 19.6 Å². The van der Waals surface area contributed by atoms with E-state index < -0.39 is 23.0 Å². The number of hydrogen-bond donors (Lipinski definition) is 4. The highest BCUT2D eigenvalue weighted by atomic mass is 16.5. The van der Waals surface area contributed by atoms with Gasteiger partial charge < -0.3 is 20.3 Å². The van der Waals surface area contributed by atoms with Crippen molar-refractivity contribution >= 4 is 11.9 Å². The third kappa shape index (κ3) is 3.68. The molecule has 1 unspecified atom stereocenters. The van der Waals surface area contributed by atoms with E-state index in [1.807, 2.05) is 27.7 Å². The Bertz CT molecular complexity index is 378. The van der Waals surface area contributed by atoms with Gasteiger partial charge in [-0.05, 0) is 34.1 Å². The van der Waals surface area contributed by atoms with Crippen LogP contribution in [-0.4, -0.2) is 63.1 Å². The Morgan fingerprint density at radius 2 is 1.60 bits per heavy atom. The lowest BCUT2D eigenvalue weighted by Gasteiger charge is -2.36. The minimum atomic E-state index is -1.02. The highest BCUT2D eigenvalue weighted by Gasteiger charge is 2.52. The van der Waals surface area contributed by atoms with E-state index in [2.05, 4.69) is 0 Å². The molecule has 0 aromatic carbocycles. The number of rotatable bonds is 6. The molecular weight excluding hydrogens is 264 g/mol. The first-order valence-electron chi connectivity index (χ1n) is 6.73. The molecule has 116 valence electrons. The molecule has 0 spiro atoms. The molecule has 1 heterocycles. The van der Waals surface area contributed by atoms with Gasteiger partial charge in [0.2, 0.25) is 0 Å². The van der Waals surface area contributed by atoms with E-state index in [0.29, 0.717) is 17.9 Å². The summed E-state index contributed by atoms with van der Waals surface area (Å²) in [6.45, 7) is 7.57. The number of hydrogen-bond acceptors (Lipinski definition) is 4. The zero-order valence-electron chi connectivity index (χ0n) is 12.5. The molecule has 0 aliphatic carbocycles. The van der Waals surface area contributed by atoms with Crippen molar-refractivity contribution in [1.29, 1.82) is 0 Å². The van der Waals surface area contributed by atoms with Gasteiger partial charge in [0.1, 0.15) is 0 Å². The molecule has 0 aromatic heterocycles. The van der Waals surface area contributed by atoms with Crippen molar-refractivity contribution in [3.63, 3.8) is 0 Å². The molecule has 0 aromatic rings. The molecule has 1 aliphatic rings. The van der Waals surface area contributed by atoms with Gasteiger partial charge in [0, 0.05) is 17.0 Å². The van der Waals surface area contributed by atoms with E-state index in [1.165, 1.54) is 5.06 Å². The van der Waals surface area contributed by atoms with E-state index in [-0.39, 0.29) is 19.0 Å². The lowest BCUT2D eigenvalue weighted by molar-refractivity contribution is -0.889. The van der Waals surface area contributed by atoms with Crippen LogP contribution in [0.25, 0.3) is 0 Å². The van der Waals surface area contributed by atoms with Crippen LogP contribution in [0.4, 0.5) is 0 Å². The maximum Gasteiger partial charge on any atom is 0.359 e. The summed E-state index contributed by atoms with van der Waals surface area (Å²) < 4.78 is 0. The minimum Gasteiger partial charge on any atom is -0.477 e. The topological polar surface area (TPSA) is 103 Å². The summed E-state index contributed by atoms with van der Waals surface area (Å²) in [5, 5.41) is 29.3. The van der Waals surface area contributed by atoms with Crippen LogP contribution in [0.1, 0.15) is 34.1 Å². The van der Waals surface area contributed by atoms with Crippen LogP contribution in [-0.2, 0) is 9.59 Å². The first-order valence-corrected chi connectivity index (χ1v) is 6.73. The van der Waals surface area contributed by atoms with Crippen LogP contribution in [0.2, 0.25) is 0 Å². The molecular formula is C13H25N2O5+. The molecule has 0 radical (unpaired) electrons. The van der Waals surface area contributed by atoms with Crippen molar-refractivity contribution in [2.24, 2.45) is 5.92 Å². The number of nitrogens with one attached hydrogen (secondary N) is 1. The third-order valence-electron chi connectivity index (χ3n) is 4.20. The third-order valence-corrected chi connectivity index (χ3v) is 4.20. The second-order valence-corrected chi connectivity index (χ2v) is 6.77. The van der Waals surface area contributed by atoms with E-state index in [0.717, 1.165) is 0 Å². The Labute approximate surface area is 118 Å². The van der Waals surface area contributed by atoms with Crippen molar-refractivity contribution < 1.29 is 29.9 Å². The standard InChI is InChI=1S/C13H24N2O5/c1-12(2)5-9(13(3,4)15(12)20)6-14(7-10(16)17)8-11(18)19/h9,20H,5-8H2,1-4H3,(H,16,17)(H,18,19)/p+1. The quantitative estimate of drug-likeness (QED) is 0.516. The summed E-state index contributed by atoms with van der Waals surface area (Å²) in [4.78, 5) is 22.2. The number of carboxylic acid groups (broad SMARTS) is 2. The van der Waals surface area contributed by atoms with Gasteiger partial charge in [-0.1, -0.05) is 0 Å². The smallest absolute Gasteiger partial charge is 0.359 e. The van der Waals surface area contributed by atoms with Crippen molar-refractivity contribution in [1.82, 2.24) is 5.06 Å². The zero-order valence-corrected chi connectivity index (χ0v) is 12.5. The fourth-order valence-corrected chi connectivity index (χ4v) is 3.20. The number of quaternary nitrogens is 1. The van der Waals surface area contributed by atoms with E-state index in [9.17, 15) is 14.8 Å². The molecule has 7 heteroatoms. The average molecular weight is 289 g/mol. The van der Waals surface area contributed by atoms with Gasteiger partial charge in [0.15, 0.2) is 13.1 Å². The normalized spacial score (nSPS) is 25.0. The molecule has 1 aliphatic heterocycles. The minimum absolute atomic E-state index is 0.0243. The summed E-state index contributed by atoms with van der Waals surface area (Å²) in [5.41, 5.74) is -0.905. The first-order chi connectivity index (χ1) is 8.96. The van der Waals surface area contributed by atoms with Gasteiger partial charge in [0.25, 0.3) is 0 Å². The van der Waals surface area contributed by atoms with Crippen LogP contribution in [0, 0.1) is 5.92 Å². The zero-order chi connectivity index (χ0) is 15.7. The summed E-state index contributed by atoms with van der Waals surface area (Å²) >= 11 is 0. The maximum atomic E-state index is 10.8. The number of carboxylic acids is 2. The summed E-state index contributed by atoms with van der Waals surface area (Å²) in [5.74, 6) is -2.01. The molecule has 20 heavy (non-hydrogen) atoms. The van der Waals surface area contributed by atoms with Crippen molar-refractivity contribution in [3.8, 4) is 0 Å². The summed E-state index contributed by atoms with van der Waals surface area (Å²) in [6, 6.07) is 0. The van der Waals surface area contributed by atoms with Gasteiger partial charge in [-0.15, -0.1) is 0 Å². The van der Waals surface area contributed by atoms with Gasteiger partial charge in [-0.25, -0.2) is 9.59 Å². The van der Waals surface area contributed by atoms with E-state index >= 15 is 0 Å². The largest absolute Gasteiger partial charge is 0.477 e. The molecule has 1 rings (SSSR count). The maximum absolute atomic E-state index is 10.8. The van der Waals surface area contributed by atoms with Gasteiger partial charge >= 0.3 is 11.9 Å². The Morgan fingerprint density at radius 3 is 1.90 bits per heavy atom. The first kappa shape index (κ1) is 16.9. The van der Waals surface area contributed by atoms with Gasteiger partial charge in [-0.2, -0.15) is 5.06 Å². The highest BCUT2D eigenvalue weighted by Crippen LogP contribution is 2.42. The van der Waals surface area contributed by atoms with Gasteiger partial charge in [-0.3, -0.25) is 0 Å². The second-order valence-electron chi connectivity index (χ2n) is 6.77. The monoisotopic (exact) mass is 289 g/mol. The number of nitrogens with zero attached hydrogens (tertiary/aromatic N) is 1. The molecule has 0 saturated carbocycles. The molecule has 4 N–H and O–H groups in total. The molecule has 0 amide bonds. The van der Waals surface area contributed by atoms with E-state index in [4.69, 9.17) is 10.2 Å². The Hall–Kier alpha value is -1.18. The van der Waals surface area contributed by atoms with Crippen LogP contribution in [0.3, 0.4) is 0 Å². The average Bonchev–Trinajstić information content (AvgIpc) is 2.37. The molecule has 1 atom stereocenters. The lowest BCUT2D eigenvalue weighted by atomic mass is 9.86. The number of hydroxylamine groups is 2. The molecule has 7 nitrogen and oxygen atoms in total. The molecule has 0 bridgehead atoms. The Balaban J connectivity index is 2.82. The SMILES string of the molecule is CC1(C)CC(C[NH+](CC(=O)O)CC(=O)O)C(C)(C)N1O. The number of aliphatic carboxylic acids is 2. The summed E-state index contributed by atoms with van der Waals surface area (Å²) in [7, 11) is 0. The van der Waals surface area contributed by atoms with Crippen LogP contribution in [0.15, 0.2) is 0 Å². The Kier molecular flexibility index (Phi) is 4.78. The summed E-state index contributed by atoms with van der Waals surface area (Å²) in [6.07, 6.45) is 0.694. The van der Waals surface area contributed by atoms with Gasteiger partial charge in [0.05, 0.1) is 6.54 Å². The number of carbonyl (C=O) groups is 2.